The molecule has 94 valence electrons. The molecule has 0 aliphatic carbocycles. The normalized spacial score (nSPS) is 20.6. The average Bonchev–Trinajstić information content (AvgIpc) is 2.33. The van der Waals surface area contributed by atoms with Crippen LogP contribution in [0.2, 0.25) is 5.02 Å². The lowest BCUT2D eigenvalue weighted by atomic mass is 10.1. The summed E-state index contributed by atoms with van der Waals surface area (Å²) in [7, 11) is 0. The first-order chi connectivity index (χ1) is 8.20. The molecule has 1 aliphatic rings. The van der Waals surface area contributed by atoms with E-state index in [1.807, 2.05) is 12.1 Å². The Morgan fingerprint density at radius 3 is 3.06 bits per heavy atom. The summed E-state index contributed by atoms with van der Waals surface area (Å²) in [6.45, 7) is 5.42. The van der Waals surface area contributed by atoms with Crippen LogP contribution in [0.15, 0.2) is 22.7 Å². The van der Waals surface area contributed by atoms with Crippen molar-refractivity contribution in [2.75, 3.05) is 24.5 Å². The Balaban J connectivity index is 2.08. The van der Waals surface area contributed by atoms with Crippen molar-refractivity contribution in [1.29, 1.82) is 0 Å². The van der Waals surface area contributed by atoms with Crippen LogP contribution in [-0.4, -0.2) is 25.7 Å². The van der Waals surface area contributed by atoms with Gasteiger partial charge in [0.1, 0.15) is 0 Å². The molecule has 1 unspecified atom stereocenters. The number of nitrogens with one attached hydrogen (secondary N) is 1. The lowest BCUT2D eigenvalue weighted by Gasteiger charge is -2.35. The highest BCUT2D eigenvalue weighted by Gasteiger charge is 2.19. The fraction of sp³-hybridized carbons (Fsp3) is 0.538. The third-order valence-corrected chi connectivity index (χ3v) is 4.39. The molecule has 2 nitrogen and oxygen atoms in total. The van der Waals surface area contributed by atoms with E-state index < -0.39 is 0 Å². The highest BCUT2D eigenvalue weighted by molar-refractivity contribution is 9.10. The molecule has 0 aromatic heterocycles. The summed E-state index contributed by atoms with van der Waals surface area (Å²) in [4.78, 5) is 2.41. The zero-order valence-electron chi connectivity index (χ0n) is 10.0. The van der Waals surface area contributed by atoms with Crippen molar-refractivity contribution in [3.63, 3.8) is 0 Å². The Kier molecular flexibility index (Phi) is 4.71. The van der Waals surface area contributed by atoms with Gasteiger partial charge in [-0.1, -0.05) is 24.9 Å². The number of halogens is 2. The lowest BCUT2D eigenvalue weighted by Crippen LogP contribution is -2.50. The molecule has 17 heavy (non-hydrogen) atoms. The third-order valence-electron chi connectivity index (χ3n) is 3.16. The lowest BCUT2D eigenvalue weighted by molar-refractivity contribution is 0.431. The van der Waals surface area contributed by atoms with Crippen LogP contribution in [0.1, 0.15) is 19.8 Å². The van der Waals surface area contributed by atoms with E-state index in [2.05, 4.69) is 39.1 Å². The van der Waals surface area contributed by atoms with Crippen molar-refractivity contribution < 1.29 is 0 Å². The van der Waals surface area contributed by atoms with Crippen molar-refractivity contribution in [3.05, 3.63) is 27.7 Å². The van der Waals surface area contributed by atoms with E-state index in [0.29, 0.717) is 6.04 Å². The molecule has 0 amide bonds. The molecular formula is C13H18BrClN2. The summed E-state index contributed by atoms with van der Waals surface area (Å²) < 4.78 is 0.961. The number of anilines is 1. The smallest absolute Gasteiger partial charge is 0.0568 e. The predicted octanol–water partition coefficient (Wildman–Crippen LogP) is 3.68. The van der Waals surface area contributed by atoms with Gasteiger partial charge >= 0.3 is 0 Å². The van der Waals surface area contributed by atoms with Gasteiger partial charge in [-0.15, -0.1) is 0 Å². The summed E-state index contributed by atoms with van der Waals surface area (Å²) in [5.74, 6) is 0. The summed E-state index contributed by atoms with van der Waals surface area (Å²) >= 11 is 9.57. The van der Waals surface area contributed by atoms with Gasteiger partial charge in [0.05, 0.1) is 5.02 Å². The van der Waals surface area contributed by atoms with Gasteiger partial charge in [-0.25, -0.2) is 0 Å². The quantitative estimate of drug-likeness (QED) is 0.915. The topological polar surface area (TPSA) is 15.3 Å². The Labute approximate surface area is 116 Å². The first kappa shape index (κ1) is 13.2. The van der Waals surface area contributed by atoms with Crippen molar-refractivity contribution >= 4 is 33.2 Å². The summed E-state index contributed by atoms with van der Waals surface area (Å²) in [6, 6.07) is 6.80. The number of piperazine rings is 1. The van der Waals surface area contributed by atoms with Crippen LogP contribution in [0, 0.1) is 0 Å². The van der Waals surface area contributed by atoms with Crippen molar-refractivity contribution in [3.8, 4) is 0 Å². The molecule has 1 fully saturated rings. The van der Waals surface area contributed by atoms with Crippen molar-refractivity contribution in [2.45, 2.75) is 25.8 Å². The van der Waals surface area contributed by atoms with Gasteiger partial charge in [0.25, 0.3) is 0 Å². The van der Waals surface area contributed by atoms with E-state index in [9.17, 15) is 0 Å². The van der Waals surface area contributed by atoms with E-state index in [1.54, 1.807) is 0 Å². The predicted molar refractivity (Wildman–Crippen MR) is 78.1 cm³/mol. The molecule has 0 bridgehead atoms. The largest absolute Gasteiger partial charge is 0.369 e. The Hall–Kier alpha value is -0.250. The minimum absolute atomic E-state index is 0.608. The zero-order chi connectivity index (χ0) is 12.3. The van der Waals surface area contributed by atoms with Crippen LogP contribution >= 0.6 is 27.5 Å². The Bertz CT molecular complexity index is 382. The Morgan fingerprint density at radius 1 is 1.53 bits per heavy atom. The molecule has 1 N–H and O–H groups in total. The SMILES string of the molecule is CCCC1CN(c2ccc(Br)c(Cl)c2)CCN1. The molecule has 2 rings (SSSR count). The van der Waals surface area contributed by atoms with E-state index in [0.717, 1.165) is 29.1 Å². The standard InChI is InChI=1S/C13H18BrClN2/c1-2-3-10-9-17(7-6-16-10)11-4-5-12(14)13(15)8-11/h4-5,8,10,16H,2-3,6-7,9H2,1H3. The number of hydrogen-bond acceptors (Lipinski definition) is 2. The second-order valence-electron chi connectivity index (χ2n) is 4.48. The fourth-order valence-electron chi connectivity index (χ4n) is 2.28. The number of hydrogen-bond donors (Lipinski definition) is 1. The molecule has 0 spiro atoms. The molecule has 1 aliphatic heterocycles. The van der Waals surface area contributed by atoms with Gasteiger partial charge in [0.2, 0.25) is 0 Å². The molecule has 1 aromatic rings. The van der Waals surface area contributed by atoms with Crippen LogP contribution in [0.4, 0.5) is 5.69 Å². The summed E-state index contributed by atoms with van der Waals surface area (Å²) in [6.07, 6.45) is 2.47. The highest BCUT2D eigenvalue weighted by Crippen LogP contribution is 2.28. The van der Waals surface area contributed by atoms with Crippen LogP contribution < -0.4 is 10.2 Å². The van der Waals surface area contributed by atoms with E-state index in [1.165, 1.54) is 18.5 Å². The average molecular weight is 318 g/mol. The van der Waals surface area contributed by atoms with Crippen LogP contribution in [0.25, 0.3) is 0 Å². The van der Waals surface area contributed by atoms with Crippen molar-refractivity contribution in [2.24, 2.45) is 0 Å². The first-order valence-electron chi connectivity index (χ1n) is 6.14. The van der Waals surface area contributed by atoms with Crippen LogP contribution in [-0.2, 0) is 0 Å². The number of rotatable bonds is 3. The van der Waals surface area contributed by atoms with Gasteiger partial charge in [0, 0.05) is 35.8 Å². The molecule has 1 atom stereocenters. The van der Waals surface area contributed by atoms with E-state index in [-0.39, 0.29) is 0 Å². The van der Waals surface area contributed by atoms with Gasteiger partial charge in [0.15, 0.2) is 0 Å². The molecule has 1 saturated heterocycles. The minimum atomic E-state index is 0.608. The van der Waals surface area contributed by atoms with E-state index in [4.69, 9.17) is 11.6 Å². The molecule has 1 heterocycles. The number of nitrogens with zero attached hydrogens (tertiary/aromatic N) is 1. The maximum atomic E-state index is 6.14. The second-order valence-corrected chi connectivity index (χ2v) is 5.75. The van der Waals surface area contributed by atoms with Gasteiger partial charge in [-0.2, -0.15) is 0 Å². The van der Waals surface area contributed by atoms with E-state index >= 15 is 0 Å². The molecule has 0 saturated carbocycles. The molecule has 1 aromatic carbocycles. The van der Waals surface area contributed by atoms with Gasteiger partial charge in [-0.3, -0.25) is 0 Å². The molecule has 4 heteroatoms. The maximum Gasteiger partial charge on any atom is 0.0568 e. The van der Waals surface area contributed by atoms with Crippen molar-refractivity contribution in [1.82, 2.24) is 5.32 Å². The third kappa shape index (κ3) is 3.36. The number of benzene rings is 1. The zero-order valence-corrected chi connectivity index (χ0v) is 12.4. The highest BCUT2D eigenvalue weighted by atomic mass is 79.9. The Morgan fingerprint density at radius 2 is 2.35 bits per heavy atom. The summed E-state index contributed by atoms with van der Waals surface area (Å²) in [5, 5.41) is 4.35. The monoisotopic (exact) mass is 316 g/mol. The fourth-order valence-corrected chi connectivity index (χ4v) is 2.70. The first-order valence-corrected chi connectivity index (χ1v) is 7.31. The van der Waals surface area contributed by atoms with Gasteiger partial charge in [-0.05, 0) is 40.5 Å². The second kappa shape index (κ2) is 6.07. The maximum absolute atomic E-state index is 6.14. The molecule has 0 radical (unpaired) electrons. The van der Waals surface area contributed by atoms with Gasteiger partial charge < -0.3 is 10.2 Å². The summed E-state index contributed by atoms with van der Waals surface area (Å²) in [5.41, 5.74) is 1.22. The van der Waals surface area contributed by atoms with Crippen LogP contribution in [0.3, 0.4) is 0 Å². The molecular weight excluding hydrogens is 300 g/mol. The minimum Gasteiger partial charge on any atom is -0.369 e. The van der Waals surface area contributed by atoms with Crippen LogP contribution in [0.5, 0.6) is 0 Å².